The maximum Gasteiger partial charge on any atom is 0.153 e. The second-order valence-electron chi connectivity index (χ2n) is 7.89. The van der Waals surface area contributed by atoms with Crippen LogP contribution in [0.15, 0.2) is 71.1 Å². The van der Waals surface area contributed by atoms with Crippen LogP contribution in [0, 0.1) is 6.92 Å². The molecule has 0 saturated heterocycles. The molecule has 0 aliphatic heterocycles. The van der Waals surface area contributed by atoms with Gasteiger partial charge in [-0.1, -0.05) is 62.7 Å². The Hall–Kier alpha value is -2.87. The van der Waals surface area contributed by atoms with Crippen LogP contribution in [-0.2, 0) is 5.41 Å². The van der Waals surface area contributed by atoms with Gasteiger partial charge in [0, 0.05) is 17.2 Å². The van der Waals surface area contributed by atoms with Gasteiger partial charge in [0.15, 0.2) is 5.58 Å². The van der Waals surface area contributed by atoms with Crippen LogP contribution >= 0.6 is 0 Å². The van der Waals surface area contributed by atoms with Crippen molar-refractivity contribution in [1.82, 2.24) is 4.98 Å². The van der Waals surface area contributed by atoms with Crippen molar-refractivity contribution in [2.24, 2.45) is 0 Å². The number of aryl methyl sites for hydroxylation is 1. The zero-order chi connectivity index (χ0) is 18.3. The molecular formula is C24H23NO. The van der Waals surface area contributed by atoms with Crippen LogP contribution in [0.25, 0.3) is 33.7 Å². The van der Waals surface area contributed by atoms with Crippen molar-refractivity contribution in [3.63, 3.8) is 0 Å². The number of fused-ring (bicyclic) bond motifs is 1. The lowest BCUT2D eigenvalue weighted by Crippen LogP contribution is -2.11. The maximum atomic E-state index is 5.98. The molecule has 4 rings (SSSR count). The Balaban J connectivity index is 1.80. The molecule has 0 saturated carbocycles. The fourth-order valence-corrected chi connectivity index (χ4v) is 3.19. The summed E-state index contributed by atoms with van der Waals surface area (Å²) < 4.78 is 5.98. The molecule has 0 atom stereocenters. The number of rotatable bonds is 2. The average molecular weight is 341 g/mol. The molecule has 0 spiro atoms. The highest BCUT2D eigenvalue weighted by Crippen LogP contribution is 2.31. The van der Waals surface area contributed by atoms with E-state index in [9.17, 15) is 0 Å². The van der Waals surface area contributed by atoms with E-state index in [1.807, 2.05) is 36.4 Å². The van der Waals surface area contributed by atoms with Gasteiger partial charge in [0.1, 0.15) is 11.3 Å². The molecule has 4 aromatic rings. The van der Waals surface area contributed by atoms with Gasteiger partial charge in [-0.15, -0.1) is 0 Å². The van der Waals surface area contributed by atoms with Crippen LogP contribution in [0.1, 0.15) is 31.9 Å². The number of hydrogen-bond donors (Lipinski definition) is 0. The minimum atomic E-state index is 0.112. The summed E-state index contributed by atoms with van der Waals surface area (Å²) >= 11 is 0. The first-order valence-corrected chi connectivity index (χ1v) is 8.99. The van der Waals surface area contributed by atoms with E-state index >= 15 is 0 Å². The van der Waals surface area contributed by atoms with Crippen LogP contribution in [0.4, 0.5) is 0 Å². The minimum absolute atomic E-state index is 0.112. The number of benzene rings is 2. The van der Waals surface area contributed by atoms with Crippen molar-refractivity contribution >= 4 is 11.1 Å². The van der Waals surface area contributed by atoms with Gasteiger partial charge in [-0.05, 0) is 42.2 Å². The molecule has 0 aliphatic rings. The highest BCUT2D eigenvalue weighted by atomic mass is 16.3. The Morgan fingerprint density at radius 2 is 1.58 bits per heavy atom. The Morgan fingerprint density at radius 3 is 2.31 bits per heavy atom. The molecule has 2 aromatic carbocycles. The summed E-state index contributed by atoms with van der Waals surface area (Å²) in [6.45, 7) is 8.86. The molecule has 2 aromatic heterocycles. The van der Waals surface area contributed by atoms with Gasteiger partial charge in [0.05, 0.1) is 5.69 Å². The van der Waals surface area contributed by atoms with Crippen LogP contribution < -0.4 is 0 Å². The van der Waals surface area contributed by atoms with Crippen molar-refractivity contribution in [1.29, 1.82) is 0 Å². The van der Waals surface area contributed by atoms with E-state index in [1.54, 1.807) is 0 Å². The second-order valence-corrected chi connectivity index (χ2v) is 7.89. The van der Waals surface area contributed by atoms with Crippen LogP contribution in [0.2, 0.25) is 0 Å². The van der Waals surface area contributed by atoms with Crippen LogP contribution in [-0.4, -0.2) is 4.98 Å². The lowest BCUT2D eigenvalue weighted by atomic mass is 9.85. The molecule has 130 valence electrons. The number of nitrogens with zero attached hydrogens (tertiary/aromatic N) is 1. The fourth-order valence-electron chi connectivity index (χ4n) is 3.19. The summed E-state index contributed by atoms with van der Waals surface area (Å²) in [7, 11) is 0. The third-order valence-electron chi connectivity index (χ3n) is 4.67. The molecule has 0 radical (unpaired) electrons. The molecule has 0 unspecified atom stereocenters. The highest BCUT2D eigenvalue weighted by Gasteiger charge is 2.16. The molecule has 2 heterocycles. The quantitative estimate of drug-likeness (QED) is 0.402. The van der Waals surface area contributed by atoms with Gasteiger partial charge in [-0.3, -0.25) is 0 Å². The van der Waals surface area contributed by atoms with E-state index in [2.05, 4.69) is 58.0 Å². The van der Waals surface area contributed by atoms with E-state index in [0.29, 0.717) is 0 Å². The van der Waals surface area contributed by atoms with Crippen LogP contribution in [0.3, 0.4) is 0 Å². The molecule has 0 aliphatic carbocycles. The smallest absolute Gasteiger partial charge is 0.153 e. The summed E-state index contributed by atoms with van der Waals surface area (Å²) in [6.07, 6.45) is 0. The van der Waals surface area contributed by atoms with Gasteiger partial charge >= 0.3 is 0 Å². The normalized spacial score (nSPS) is 11.8. The van der Waals surface area contributed by atoms with E-state index in [1.165, 1.54) is 11.1 Å². The molecular weight excluding hydrogens is 318 g/mol. The first kappa shape index (κ1) is 16.6. The topological polar surface area (TPSA) is 26.0 Å². The molecule has 0 N–H and O–H groups in total. The van der Waals surface area contributed by atoms with Gasteiger partial charge in [-0.2, -0.15) is 0 Å². The summed E-state index contributed by atoms with van der Waals surface area (Å²) in [4.78, 5) is 4.86. The third kappa shape index (κ3) is 3.15. The summed E-state index contributed by atoms with van der Waals surface area (Å²) in [5.41, 5.74) is 7.60. The van der Waals surface area contributed by atoms with Crippen molar-refractivity contribution < 1.29 is 4.42 Å². The lowest BCUT2D eigenvalue weighted by molar-refractivity contribution is 0.590. The number of hydrogen-bond acceptors (Lipinski definition) is 2. The van der Waals surface area contributed by atoms with E-state index in [4.69, 9.17) is 9.40 Å². The number of furan rings is 1. The SMILES string of the molecule is Cc1cc(-c2ccc3oc(-c4ccccc4)cc3n2)cc(C(C)(C)C)c1. The van der Waals surface area contributed by atoms with Gasteiger partial charge in [-0.25, -0.2) is 4.98 Å². The van der Waals surface area contributed by atoms with Gasteiger partial charge < -0.3 is 4.42 Å². The Kier molecular flexibility index (Phi) is 3.91. The van der Waals surface area contributed by atoms with E-state index in [0.717, 1.165) is 33.7 Å². The van der Waals surface area contributed by atoms with Crippen molar-refractivity contribution in [3.8, 4) is 22.6 Å². The molecule has 0 fully saturated rings. The number of pyridine rings is 1. The van der Waals surface area contributed by atoms with Crippen molar-refractivity contribution in [2.75, 3.05) is 0 Å². The largest absolute Gasteiger partial charge is 0.454 e. The Labute approximate surface area is 154 Å². The lowest BCUT2D eigenvalue weighted by Gasteiger charge is -2.20. The summed E-state index contributed by atoms with van der Waals surface area (Å²) in [5.74, 6) is 0.852. The predicted octanol–water partition coefficient (Wildman–Crippen LogP) is 6.77. The minimum Gasteiger partial charge on any atom is -0.454 e. The molecule has 0 bridgehead atoms. The second kappa shape index (κ2) is 6.14. The predicted molar refractivity (Wildman–Crippen MR) is 108 cm³/mol. The Bertz CT molecular complexity index is 1070. The van der Waals surface area contributed by atoms with E-state index < -0.39 is 0 Å². The maximum absolute atomic E-state index is 5.98. The Morgan fingerprint density at radius 1 is 0.808 bits per heavy atom. The van der Waals surface area contributed by atoms with E-state index in [-0.39, 0.29) is 5.41 Å². The van der Waals surface area contributed by atoms with Crippen molar-refractivity contribution in [2.45, 2.75) is 33.1 Å². The number of aromatic nitrogens is 1. The molecule has 26 heavy (non-hydrogen) atoms. The summed E-state index contributed by atoms with van der Waals surface area (Å²) in [6, 6.07) is 22.9. The highest BCUT2D eigenvalue weighted by molar-refractivity contribution is 5.82. The van der Waals surface area contributed by atoms with Crippen LogP contribution in [0.5, 0.6) is 0 Å². The average Bonchev–Trinajstić information content (AvgIpc) is 3.04. The monoisotopic (exact) mass is 341 g/mol. The fraction of sp³-hybridized carbons (Fsp3) is 0.208. The molecule has 0 amide bonds. The molecule has 2 nitrogen and oxygen atoms in total. The standard InChI is InChI=1S/C24H23NO/c1-16-12-18(14-19(13-16)24(2,3)4)20-10-11-22-21(25-20)15-23(26-22)17-8-6-5-7-9-17/h5-15H,1-4H3. The first-order chi connectivity index (χ1) is 12.4. The van der Waals surface area contributed by atoms with Gasteiger partial charge in [0.25, 0.3) is 0 Å². The third-order valence-corrected chi connectivity index (χ3v) is 4.67. The molecule has 2 heteroatoms. The first-order valence-electron chi connectivity index (χ1n) is 8.99. The zero-order valence-corrected chi connectivity index (χ0v) is 15.7. The van der Waals surface area contributed by atoms with Crippen molar-refractivity contribution in [3.05, 3.63) is 77.9 Å². The zero-order valence-electron chi connectivity index (χ0n) is 15.7. The van der Waals surface area contributed by atoms with Gasteiger partial charge in [0.2, 0.25) is 0 Å². The summed E-state index contributed by atoms with van der Waals surface area (Å²) in [5, 5.41) is 0.